The Morgan fingerprint density at radius 2 is 1.97 bits per heavy atom. The van der Waals surface area contributed by atoms with Crippen molar-refractivity contribution in [1.82, 2.24) is 24.2 Å². The van der Waals surface area contributed by atoms with Crippen molar-refractivity contribution in [2.75, 3.05) is 30.8 Å². The van der Waals surface area contributed by atoms with Gasteiger partial charge in [0.05, 0.1) is 18.0 Å². The minimum Gasteiger partial charge on any atom is -0.355 e. The molecule has 0 unspecified atom stereocenters. The van der Waals surface area contributed by atoms with E-state index in [0.717, 1.165) is 62.1 Å². The number of carbonyl (C=O) groups excluding carboxylic acids is 1. The number of anilines is 1. The first-order chi connectivity index (χ1) is 18.0. The lowest BCUT2D eigenvalue weighted by molar-refractivity contribution is -0.141. The number of piperidine rings is 1. The molecule has 3 N–H and O–H groups in total. The highest BCUT2D eigenvalue weighted by molar-refractivity contribution is 9.10. The van der Waals surface area contributed by atoms with Crippen LogP contribution in [-0.4, -0.2) is 65.8 Å². The van der Waals surface area contributed by atoms with Gasteiger partial charge in [-0.2, -0.15) is 9.82 Å². The van der Waals surface area contributed by atoms with Crippen LogP contribution in [0.2, 0.25) is 0 Å². The van der Waals surface area contributed by atoms with Crippen molar-refractivity contribution in [1.29, 1.82) is 0 Å². The number of hydrogen-bond acceptors (Lipinski definition) is 7. The number of halogens is 1. The summed E-state index contributed by atoms with van der Waals surface area (Å²) in [6.07, 6.45) is 6.48. The number of aryl methyl sites for hydroxylation is 1. The van der Waals surface area contributed by atoms with E-state index in [1.807, 2.05) is 25.3 Å². The number of carbonyl (C=O) groups is 1. The van der Waals surface area contributed by atoms with E-state index in [9.17, 15) is 13.2 Å². The van der Waals surface area contributed by atoms with Gasteiger partial charge in [-0.05, 0) is 51.2 Å². The first kappa shape index (κ1) is 27.0. The van der Waals surface area contributed by atoms with Crippen LogP contribution in [-0.2, 0) is 20.4 Å². The van der Waals surface area contributed by atoms with Crippen molar-refractivity contribution in [2.24, 2.45) is 5.73 Å². The molecule has 5 rings (SSSR count). The standard InChI is InChI=1S/C26H34BrN7O3S/c1-17-15-34-23(29-24(17)32-13-11-18(28)16-32)14-21(30-34)22-10-6-7-12-33(22)25(35)26(2,31-38(3,36)37)19-8-4-5-9-20(19)27/h4-5,8-9,14-15,18,22,31H,6-7,10-13,16,28H2,1-3H3/t18-,22-,26-/m0/s1. The first-order valence-electron chi connectivity index (χ1n) is 12.9. The van der Waals surface area contributed by atoms with E-state index in [-0.39, 0.29) is 18.0 Å². The fraction of sp³-hybridized carbons (Fsp3) is 0.500. The Hall–Kier alpha value is -2.54. The molecule has 0 radical (unpaired) electrons. The number of hydrogen-bond donors (Lipinski definition) is 2. The summed E-state index contributed by atoms with van der Waals surface area (Å²) in [5.41, 5.74) is 7.65. The van der Waals surface area contributed by atoms with Crippen LogP contribution in [0, 0.1) is 6.92 Å². The molecular weight excluding hydrogens is 570 g/mol. The second kappa shape index (κ2) is 10.2. The molecule has 204 valence electrons. The van der Waals surface area contributed by atoms with E-state index in [1.165, 1.54) is 0 Å². The van der Waals surface area contributed by atoms with Gasteiger partial charge in [-0.1, -0.05) is 34.1 Å². The molecule has 1 aromatic carbocycles. The number of likely N-dealkylation sites (tertiary alicyclic amines) is 1. The Labute approximate surface area is 231 Å². The summed E-state index contributed by atoms with van der Waals surface area (Å²) in [4.78, 5) is 23.2. The number of nitrogens with zero attached hydrogens (tertiary/aromatic N) is 5. The molecule has 2 saturated heterocycles. The lowest BCUT2D eigenvalue weighted by atomic mass is 9.89. The monoisotopic (exact) mass is 603 g/mol. The molecule has 0 saturated carbocycles. The van der Waals surface area contributed by atoms with Gasteiger partial charge in [0.1, 0.15) is 11.4 Å². The molecule has 2 aromatic heterocycles. The van der Waals surface area contributed by atoms with E-state index in [1.54, 1.807) is 34.5 Å². The van der Waals surface area contributed by atoms with Crippen LogP contribution in [0.15, 0.2) is 41.0 Å². The molecule has 3 aromatic rings. The quantitative estimate of drug-likeness (QED) is 0.443. The van der Waals surface area contributed by atoms with Gasteiger partial charge in [0.15, 0.2) is 5.65 Å². The molecule has 2 fully saturated rings. The first-order valence-corrected chi connectivity index (χ1v) is 15.6. The van der Waals surface area contributed by atoms with Crippen LogP contribution < -0.4 is 15.4 Å². The van der Waals surface area contributed by atoms with Gasteiger partial charge in [-0.3, -0.25) is 4.79 Å². The molecule has 2 aliphatic rings. The molecule has 1 amide bonds. The number of sulfonamides is 1. The number of nitrogens with one attached hydrogen (secondary N) is 1. The number of nitrogens with two attached hydrogens (primary N) is 1. The zero-order valence-electron chi connectivity index (χ0n) is 21.9. The second-order valence-electron chi connectivity index (χ2n) is 10.6. The highest BCUT2D eigenvalue weighted by Crippen LogP contribution is 2.37. The van der Waals surface area contributed by atoms with Crippen molar-refractivity contribution >= 4 is 43.3 Å². The largest absolute Gasteiger partial charge is 0.355 e. The third kappa shape index (κ3) is 5.18. The minimum absolute atomic E-state index is 0.147. The third-order valence-corrected chi connectivity index (χ3v) is 8.95. The number of fused-ring (bicyclic) bond motifs is 1. The second-order valence-corrected chi connectivity index (χ2v) is 13.2. The van der Waals surface area contributed by atoms with Crippen molar-refractivity contribution in [2.45, 2.75) is 57.2 Å². The van der Waals surface area contributed by atoms with Gasteiger partial charge in [-0.25, -0.2) is 17.9 Å². The minimum atomic E-state index is -3.72. The molecule has 4 heterocycles. The van der Waals surface area contributed by atoms with Gasteiger partial charge in [0.25, 0.3) is 0 Å². The lowest BCUT2D eigenvalue weighted by Crippen LogP contribution is -2.57. The predicted molar refractivity (Wildman–Crippen MR) is 150 cm³/mol. The van der Waals surface area contributed by atoms with E-state index < -0.39 is 15.6 Å². The maximum atomic E-state index is 14.3. The maximum Gasteiger partial charge on any atom is 0.248 e. The summed E-state index contributed by atoms with van der Waals surface area (Å²) in [5, 5.41) is 4.83. The smallest absolute Gasteiger partial charge is 0.248 e. The Kier molecular flexibility index (Phi) is 7.27. The molecule has 0 bridgehead atoms. The number of amides is 1. The molecule has 0 spiro atoms. The Morgan fingerprint density at radius 3 is 2.66 bits per heavy atom. The molecular formula is C26H34BrN7O3S. The Balaban J connectivity index is 1.52. The van der Waals surface area contributed by atoms with Gasteiger partial charge in [-0.15, -0.1) is 0 Å². The van der Waals surface area contributed by atoms with Crippen molar-refractivity contribution < 1.29 is 13.2 Å². The highest BCUT2D eigenvalue weighted by Gasteiger charge is 2.45. The molecule has 10 nitrogen and oxygen atoms in total. The van der Waals surface area contributed by atoms with Crippen LogP contribution in [0.1, 0.15) is 55.5 Å². The summed E-state index contributed by atoms with van der Waals surface area (Å²) in [6.45, 7) is 5.80. The maximum absolute atomic E-state index is 14.3. The van der Waals surface area contributed by atoms with E-state index in [4.69, 9.17) is 15.8 Å². The molecule has 38 heavy (non-hydrogen) atoms. The van der Waals surface area contributed by atoms with E-state index in [0.29, 0.717) is 22.2 Å². The average Bonchev–Trinajstić information content (AvgIpc) is 3.47. The summed E-state index contributed by atoms with van der Waals surface area (Å²) in [7, 11) is -3.72. The average molecular weight is 605 g/mol. The number of benzene rings is 1. The normalized spacial score (nSPS) is 22.1. The lowest BCUT2D eigenvalue weighted by Gasteiger charge is -2.41. The fourth-order valence-corrected chi connectivity index (χ4v) is 7.32. The van der Waals surface area contributed by atoms with Crippen LogP contribution in [0.4, 0.5) is 5.82 Å². The van der Waals surface area contributed by atoms with Crippen molar-refractivity contribution in [3.8, 4) is 0 Å². The summed E-state index contributed by atoms with van der Waals surface area (Å²) in [6, 6.07) is 8.98. The van der Waals surface area contributed by atoms with Crippen LogP contribution in [0.3, 0.4) is 0 Å². The van der Waals surface area contributed by atoms with Gasteiger partial charge in [0.2, 0.25) is 15.9 Å². The topological polar surface area (TPSA) is 126 Å². The zero-order chi connectivity index (χ0) is 27.2. The van der Waals surface area contributed by atoms with E-state index in [2.05, 4.69) is 25.6 Å². The third-order valence-electron chi connectivity index (χ3n) is 7.48. The molecule has 12 heteroatoms. The number of rotatable bonds is 6. The van der Waals surface area contributed by atoms with Crippen molar-refractivity contribution in [3.05, 3.63) is 57.8 Å². The number of aromatic nitrogens is 3. The van der Waals surface area contributed by atoms with Crippen LogP contribution in [0.5, 0.6) is 0 Å². The summed E-state index contributed by atoms with van der Waals surface area (Å²) >= 11 is 3.52. The zero-order valence-corrected chi connectivity index (χ0v) is 24.3. The Morgan fingerprint density at radius 1 is 1.21 bits per heavy atom. The molecule has 0 aliphatic carbocycles. The van der Waals surface area contributed by atoms with Gasteiger partial charge < -0.3 is 15.5 Å². The van der Waals surface area contributed by atoms with Crippen LogP contribution in [0.25, 0.3) is 5.65 Å². The van der Waals surface area contributed by atoms with Crippen LogP contribution >= 0.6 is 15.9 Å². The summed E-state index contributed by atoms with van der Waals surface area (Å²) < 4.78 is 29.9. The Bertz CT molecular complexity index is 1480. The van der Waals surface area contributed by atoms with Crippen molar-refractivity contribution in [3.63, 3.8) is 0 Å². The molecule has 2 aliphatic heterocycles. The predicted octanol–water partition coefficient (Wildman–Crippen LogP) is 2.86. The fourth-order valence-electron chi connectivity index (χ4n) is 5.70. The summed E-state index contributed by atoms with van der Waals surface area (Å²) in [5.74, 6) is 0.597. The van der Waals surface area contributed by atoms with Gasteiger partial charge in [0, 0.05) is 48.0 Å². The highest BCUT2D eigenvalue weighted by atomic mass is 79.9. The van der Waals surface area contributed by atoms with Gasteiger partial charge >= 0.3 is 0 Å². The SMILES string of the molecule is Cc1cn2nc([C@@H]3CCCCN3C(=O)[C@@](C)(NS(C)(=O)=O)c3ccccc3Br)cc2nc1N1CC[C@H](N)C1. The molecule has 3 atom stereocenters. The van der Waals surface area contributed by atoms with E-state index >= 15 is 0 Å².